The number of methoxy groups -OCH3 is 1. The van der Waals surface area contributed by atoms with Gasteiger partial charge in [0, 0.05) is 19.2 Å². The van der Waals surface area contributed by atoms with Gasteiger partial charge in [-0.2, -0.15) is 4.31 Å². The summed E-state index contributed by atoms with van der Waals surface area (Å²) < 4.78 is 32.1. The highest BCUT2D eigenvalue weighted by molar-refractivity contribution is 7.89. The summed E-state index contributed by atoms with van der Waals surface area (Å²) in [6.07, 6.45) is 0. The molecule has 3 aromatic rings. The van der Waals surface area contributed by atoms with Crippen LogP contribution in [0.1, 0.15) is 22.8 Å². The third-order valence-electron chi connectivity index (χ3n) is 4.49. The predicted molar refractivity (Wildman–Crippen MR) is 106 cm³/mol. The van der Waals surface area contributed by atoms with Gasteiger partial charge in [-0.3, -0.25) is 4.79 Å². The van der Waals surface area contributed by atoms with Crippen LogP contribution in [0.5, 0.6) is 5.75 Å². The summed E-state index contributed by atoms with van der Waals surface area (Å²) in [6, 6.07) is 17.6. The summed E-state index contributed by atoms with van der Waals surface area (Å²) in [4.78, 5) is 11.5. The monoisotopic (exact) mass is 383 g/mol. The molecule has 3 rings (SSSR count). The van der Waals surface area contributed by atoms with Crippen LogP contribution in [0.15, 0.2) is 65.6 Å². The zero-order valence-electron chi connectivity index (χ0n) is 15.5. The molecule has 0 saturated carbocycles. The van der Waals surface area contributed by atoms with E-state index in [0.29, 0.717) is 5.56 Å². The van der Waals surface area contributed by atoms with Crippen LogP contribution in [-0.4, -0.2) is 32.7 Å². The Kier molecular flexibility index (Phi) is 5.30. The van der Waals surface area contributed by atoms with Crippen LogP contribution < -0.4 is 4.74 Å². The second kappa shape index (κ2) is 7.50. The van der Waals surface area contributed by atoms with Crippen molar-refractivity contribution in [2.24, 2.45) is 0 Å². The van der Waals surface area contributed by atoms with Crippen molar-refractivity contribution in [1.29, 1.82) is 0 Å². The van der Waals surface area contributed by atoms with Crippen molar-refractivity contribution >= 4 is 26.6 Å². The van der Waals surface area contributed by atoms with E-state index in [0.717, 1.165) is 22.1 Å². The van der Waals surface area contributed by atoms with E-state index in [2.05, 4.69) is 0 Å². The average molecular weight is 383 g/mol. The second-order valence-corrected chi connectivity index (χ2v) is 8.43. The minimum Gasteiger partial charge on any atom is -0.497 e. The Morgan fingerprint density at radius 2 is 1.59 bits per heavy atom. The predicted octanol–water partition coefficient (Wildman–Crippen LogP) is 3.87. The lowest BCUT2D eigenvalue weighted by Gasteiger charge is -2.18. The second-order valence-electron chi connectivity index (χ2n) is 6.39. The average Bonchev–Trinajstić information content (AvgIpc) is 2.67. The normalized spacial score (nSPS) is 11.7. The van der Waals surface area contributed by atoms with Gasteiger partial charge < -0.3 is 4.74 Å². The van der Waals surface area contributed by atoms with Crippen LogP contribution in [0, 0.1) is 0 Å². The molecule has 0 bridgehead atoms. The fourth-order valence-electron chi connectivity index (χ4n) is 2.88. The van der Waals surface area contributed by atoms with Gasteiger partial charge in [0.2, 0.25) is 10.0 Å². The van der Waals surface area contributed by atoms with E-state index in [4.69, 9.17) is 4.74 Å². The number of Topliss-reactive ketones (excluding diaryl/α,β-unsaturated/α-hetero) is 1. The van der Waals surface area contributed by atoms with Crippen LogP contribution in [0.4, 0.5) is 0 Å². The van der Waals surface area contributed by atoms with E-state index in [1.165, 1.54) is 35.5 Å². The number of hydrogen-bond donors (Lipinski definition) is 0. The van der Waals surface area contributed by atoms with Crippen LogP contribution in [0.3, 0.4) is 0 Å². The van der Waals surface area contributed by atoms with Crippen molar-refractivity contribution in [2.45, 2.75) is 18.4 Å². The summed E-state index contributed by atoms with van der Waals surface area (Å²) in [5.41, 5.74) is 1.38. The number of nitrogens with zero attached hydrogens (tertiary/aromatic N) is 1. The Morgan fingerprint density at radius 3 is 2.22 bits per heavy atom. The Labute approximate surface area is 159 Å². The highest BCUT2D eigenvalue weighted by atomic mass is 32.2. The lowest BCUT2D eigenvalue weighted by molar-refractivity contribution is 0.101. The molecule has 0 atom stereocenters. The Balaban J connectivity index is 1.83. The summed E-state index contributed by atoms with van der Waals surface area (Å²) in [5, 5.41) is 2.05. The van der Waals surface area contributed by atoms with Gasteiger partial charge in [0.15, 0.2) is 5.78 Å². The molecule has 0 unspecified atom stereocenters. The third kappa shape index (κ3) is 4.02. The van der Waals surface area contributed by atoms with E-state index in [1.807, 2.05) is 36.4 Å². The lowest BCUT2D eigenvalue weighted by atomic mass is 10.1. The number of carbonyl (C=O) groups excluding carboxylic acids is 1. The molecule has 0 heterocycles. The van der Waals surface area contributed by atoms with Crippen molar-refractivity contribution in [3.63, 3.8) is 0 Å². The van der Waals surface area contributed by atoms with E-state index in [-0.39, 0.29) is 17.2 Å². The van der Waals surface area contributed by atoms with Gasteiger partial charge in [0.25, 0.3) is 0 Å². The molecule has 0 saturated heterocycles. The smallest absolute Gasteiger partial charge is 0.243 e. The van der Waals surface area contributed by atoms with E-state index in [9.17, 15) is 13.2 Å². The van der Waals surface area contributed by atoms with Gasteiger partial charge in [0.1, 0.15) is 5.75 Å². The summed E-state index contributed by atoms with van der Waals surface area (Å²) in [6.45, 7) is 1.70. The maximum atomic E-state index is 12.8. The molecule has 0 N–H and O–H groups in total. The molecule has 3 aromatic carbocycles. The molecule has 140 valence electrons. The fraction of sp³-hybridized carbons (Fsp3) is 0.190. The molecule has 6 heteroatoms. The zero-order valence-corrected chi connectivity index (χ0v) is 16.3. The molecule has 0 fully saturated rings. The Bertz CT molecular complexity index is 1090. The molecule has 0 radical (unpaired) electrons. The van der Waals surface area contributed by atoms with Crippen LogP contribution in [0.2, 0.25) is 0 Å². The minimum absolute atomic E-state index is 0.0971. The molecule has 5 nitrogen and oxygen atoms in total. The largest absolute Gasteiger partial charge is 0.497 e. The number of ether oxygens (including phenoxy) is 1. The van der Waals surface area contributed by atoms with Crippen molar-refractivity contribution in [3.8, 4) is 5.75 Å². The van der Waals surface area contributed by atoms with Gasteiger partial charge in [-0.1, -0.05) is 30.3 Å². The van der Waals surface area contributed by atoms with Gasteiger partial charge in [-0.25, -0.2) is 8.42 Å². The third-order valence-corrected chi connectivity index (χ3v) is 6.30. The van der Waals surface area contributed by atoms with Crippen molar-refractivity contribution < 1.29 is 17.9 Å². The number of hydrogen-bond acceptors (Lipinski definition) is 4. The van der Waals surface area contributed by atoms with Gasteiger partial charge in [0.05, 0.1) is 12.0 Å². The number of sulfonamides is 1. The molecule has 0 amide bonds. The molecule has 0 spiro atoms. The number of rotatable bonds is 6. The van der Waals surface area contributed by atoms with Crippen LogP contribution in [-0.2, 0) is 16.6 Å². The van der Waals surface area contributed by atoms with Gasteiger partial charge >= 0.3 is 0 Å². The Hall–Kier alpha value is -2.70. The summed E-state index contributed by atoms with van der Waals surface area (Å²) >= 11 is 0. The molecule has 0 aliphatic heterocycles. The number of fused-ring (bicyclic) bond motifs is 1. The highest BCUT2D eigenvalue weighted by Gasteiger charge is 2.21. The maximum Gasteiger partial charge on any atom is 0.243 e. The minimum atomic E-state index is -3.64. The SMILES string of the molecule is COc1ccc2cc(CN(C)S(=O)(=O)c3ccc(C(C)=O)cc3)ccc2c1. The first-order valence-electron chi connectivity index (χ1n) is 8.45. The molecular formula is C21H21NO4S. The van der Waals surface area contributed by atoms with Crippen molar-refractivity contribution in [2.75, 3.05) is 14.2 Å². The van der Waals surface area contributed by atoms with Crippen molar-refractivity contribution in [1.82, 2.24) is 4.31 Å². The summed E-state index contributed by atoms with van der Waals surface area (Å²) in [7, 11) is -0.470. The van der Waals surface area contributed by atoms with Crippen LogP contribution in [0.25, 0.3) is 10.8 Å². The van der Waals surface area contributed by atoms with E-state index in [1.54, 1.807) is 14.2 Å². The van der Waals surface area contributed by atoms with Crippen LogP contribution >= 0.6 is 0 Å². The number of benzene rings is 3. The number of ketones is 1. The first-order valence-corrected chi connectivity index (χ1v) is 9.89. The van der Waals surface area contributed by atoms with Crippen molar-refractivity contribution in [3.05, 3.63) is 71.8 Å². The lowest BCUT2D eigenvalue weighted by Crippen LogP contribution is -2.26. The summed E-state index contributed by atoms with van der Waals surface area (Å²) in [5.74, 6) is 0.684. The zero-order chi connectivity index (χ0) is 19.6. The quantitative estimate of drug-likeness (QED) is 0.606. The van der Waals surface area contributed by atoms with Gasteiger partial charge in [-0.05, 0) is 53.6 Å². The van der Waals surface area contributed by atoms with Gasteiger partial charge in [-0.15, -0.1) is 0 Å². The maximum absolute atomic E-state index is 12.8. The molecule has 0 aliphatic carbocycles. The highest BCUT2D eigenvalue weighted by Crippen LogP contribution is 2.23. The fourth-order valence-corrected chi connectivity index (χ4v) is 4.04. The first kappa shape index (κ1) is 19.1. The topological polar surface area (TPSA) is 63.7 Å². The molecular weight excluding hydrogens is 362 g/mol. The molecule has 0 aromatic heterocycles. The van der Waals surface area contributed by atoms with E-state index >= 15 is 0 Å². The molecule has 0 aliphatic rings. The first-order chi connectivity index (χ1) is 12.8. The van der Waals surface area contributed by atoms with E-state index < -0.39 is 10.0 Å². The number of carbonyl (C=O) groups is 1. The standard InChI is InChI=1S/C21H21NO4S/c1-15(23)17-7-10-21(11-8-17)27(24,25)22(2)14-16-4-5-19-13-20(26-3)9-6-18(19)12-16/h4-13H,14H2,1-3H3. The molecule has 27 heavy (non-hydrogen) atoms. The Morgan fingerprint density at radius 1 is 0.963 bits per heavy atom.